The minimum absolute atomic E-state index is 0.0355. The molecule has 0 saturated heterocycles. The van der Waals surface area contributed by atoms with Gasteiger partial charge in [-0.25, -0.2) is 0 Å². The zero-order valence-corrected chi connectivity index (χ0v) is 12.0. The van der Waals surface area contributed by atoms with Crippen molar-refractivity contribution in [1.29, 1.82) is 0 Å². The van der Waals surface area contributed by atoms with Gasteiger partial charge in [0.25, 0.3) is 0 Å². The van der Waals surface area contributed by atoms with Crippen molar-refractivity contribution in [2.24, 2.45) is 0 Å². The highest BCUT2D eigenvalue weighted by atomic mass is 79.9. The molecule has 0 atom stereocenters. The van der Waals surface area contributed by atoms with Crippen molar-refractivity contribution in [3.8, 4) is 0 Å². The summed E-state index contributed by atoms with van der Waals surface area (Å²) >= 11 is 4.89. The summed E-state index contributed by atoms with van der Waals surface area (Å²) in [5.41, 5.74) is 0. The third-order valence-electron chi connectivity index (χ3n) is 2.36. The number of rotatable bonds is 5. The molecule has 6 heteroatoms. The fraction of sp³-hybridized carbons (Fsp3) is 0.333. The number of hydrogen-bond donors (Lipinski definition) is 2. The van der Waals surface area contributed by atoms with Crippen LogP contribution in [0.4, 0.5) is 0 Å². The van der Waals surface area contributed by atoms with Gasteiger partial charge in [0.2, 0.25) is 11.8 Å². The third kappa shape index (κ3) is 4.62. The number of amides is 2. The average Bonchev–Trinajstić information content (AvgIpc) is 3.04. The Morgan fingerprint density at radius 1 is 1.44 bits per heavy atom. The van der Waals surface area contributed by atoms with E-state index in [0.717, 1.165) is 21.5 Å². The summed E-state index contributed by atoms with van der Waals surface area (Å²) < 4.78 is 1.02. The smallest absolute Gasteiger partial charge is 0.244 e. The molecule has 1 aliphatic carbocycles. The number of carbonyl (C=O) groups excluding carboxylic acids is 2. The SMILES string of the molecule is O=C(/C=C/c1ccc(Br)s1)NCC(=O)NC1CC1. The first-order chi connectivity index (χ1) is 8.63. The fourth-order valence-electron chi connectivity index (χ4n) is 1.31. The highest BCUT2D eigenvalue weighted by Crippen LogP contribution is 2.22. The topological polar surface area (TPSA) is 58.2 Å². The highest BCUT2D eigenvalue weighted by molar-refractivity contribution is 9.11. The van der Waals surface area contributed by atoms with Crippen molar-refractivity contribution >= 4 is 45.2 Å². The Bertz CT molecular complexity index is 480. The lowest BCUT2D eigenvalue weighted by atomic mass is 10.4. The number of halogens is 1. The lowest BCUT2D eigenvalue weighted by molar-refractivity contribution is -0.124. The summed E-state index contributed by atoms with van der Waals surface area (Å²) in [4.78, 5) is 23.8. The second kappa shape index (κ2) is 6.15. The molecule has 1 saturated carbocycles. The second-order valence-electron chi connectivity index (χ2n) is 4.03. The van der Waals surface area contributed by atoms with Crippen LogP contribution in [-0.4, -0.2) is 24.4 Å². The highest BCUT2D eigenvalue weighted by Gasteiger charge is 2.22. The number of hydrogen-bond acceptors (Lipinski definition) is 3. The molecule has 2 rings (SSSR count). The first-order valence-electron chi connectivity index (χ1n) is 5.64. The Kier molecular flexibility index (Phi) is 4.54. The monoisotopic (exact) mass is 328 g/mol. The molecule has 0 spiro atoms. The lowest BCUT2D eigenvalue weighted by Gasteiger charge is -2.03. The van der Waals surface area contributed by atoms with E-state index in [4.69, 9.17) is 0 Å². The van der Waals surface area contributed by atoms with Crippen LogP contribution in [0.25, 0.3) is 6.08 Å². The van der Waals surface area contributed by atoms with Gasteiger partial charge in [-0.1, -0.05) is 0 Å². The van der Waals surface area contributed by atoms with Crippen LogP contribution in [0.15, 0.2) is 22.0 Å². The van der Waals surface area contributed by atoms with Gasteiger partial charge in [0.05, 0.1) is 10.3 Å². The number of thiophene rings is 1. The Labute approximate surface area is 118 Å². The summed E-state index contributed by atoms with van der Waals surface area (Å²) in [6.45, 7) is 0.0355. The quantitative estimate of drug-likeness (QED) is 0.811. The number of carbonyl (C=O) groups is 2. The predicted octanol–water partition coefficient (Wildman–Crippen LogP) is 1.92. The molecule has 2 amide bonds. The average molecular weight is 329 g/mol. The van der Waals surface area contributed by atoms with E-state index in [0.29, 0.717) is 6.04 Å². The van der Waals surface area contributed by atoms with Crippen molar-refractivity contribution in [3.05, 3.63) is 26.9 Å². The molecule has 1 aromatic heterocycles. The molecular formula is C12H13BrN2O2S. The fourth-order valence-corrected chi connectivity index (χ4v) is 2.63. The van der Waals surface area contributed by atoms with Crippen molar-refractivity contribution < 1.29 is 9.59 Å². The summed E-state index contributed by atoms with van der Waals surface area (Å²) in [5.74, 6) is -0.386. The van der Waals surface area contributed by atoms with E-state index in [1.165, 1.54) is 6.08 Å². The van der Waals surface area contributed by atoms with Crippen molar-refractivity contribution in [2.75, 3.05) is 6.54 Å². The zero-order valence-electron chi connectivity index (χ0n) is 9.61. The zero-order chi connectivity index (χ0) is 13.0. The standard InChI is InChI=1S/C12H13BrN2O2S/c13-10-5-3-9(18-10)4-6-11(16)14-7-12(17)15-8-1-2-8/h3-6,8H,1-2,7H2,(H,14,16)(H,15,17)/b6-4+. The number of nitrogens with one attached hydrogen (secondary N) is 2. The van der Waals surface area contributed by atoms with E-state index in [9.17, 15) is 9.59 Å². The van der Waals surface area contributed by atoms with Crippen LogP contribution in [0.1, 0.15) is 17.7 Å². The van der Waals surface area contributed by atoms with E-state index >= 15 is 0 Å². The minimum atomic E-state index is -0.259. The predicted molar refractivity (Wildman–Crippen MR) is 75.2 cm³/mol. The Balaban J connectivity index is 1.70. The van der Waals surface area contributed by atoms with Gasteiger partial charge in [0.1, 0.15) is 0 Å². The molecule has 18 heavy (non-hydrogen) atoms. The molecule has 0 radical (unpaired) electrons. The van der Waals surface area contributed by atoms with Gasteiger partial charge in [-0.15, -0.1) is 11.3 Å². The van der Waals surface area contributed by atoms with Gasteiger partial charge < -0.3 is 10.6 Å². The van der Waals surface area contributed by atoms with Crippen LogP contribution in [0.2, 0.25) is 0 Å². The maximum atomic E-state index is 11.4. The molecule has 0 aliphatic heterocycles. The maximum absolute atomic E-state index is 11.4. The molecule has 1 aromatic rings. The molecule has 4 nitrogen and oxygen atoms in total. The maximum Gasteiger partial charge on any atom is 0.244 e. The van der Waals surface area contributed by atoms with Crippen LogP contribution < -0.4 is 10.6 Å². The lowest BCUT2D eigenvalue weighted by Crippen LogP contribution is -2.37. The molecule has 1 heterocycles. The first-order valence-corrected chi connectivity index (χ1v) is 7.25. The molecule has 0 unspecified atom stereocenters. The molecule has 96 valence electrons. The molecule has 1 aliphatic rings. The van der Waals surface area contributed by atoms with E-state index in [-0.39, 0.29) is 18.4 Å². The van der Waals surface area contributed by atoms with E-state index in [2.05, 4.69) is 26.6 Å². The Morgan fingerprint density at radius 3 is 2.83 bits per heavy atom. The van der Waals surface area contributed by atoms with Gasteiger partial charge in [0.15, 0.2) is 0 Å². The molecule has 0 aromatic carbocycles. The van der Waals surface area contributed by atoms with E-state index in [1.54, 1.807) is 17.4 Å². The van der Waals surface area contributed by atoms with Crippen molar-refractivity contribution in [3.63, 3.8) is 0 Å². The van der Waals surface area contributed by atoms with Gasteiger partial charge in [0, 0.05) is 17.0 Å². The van der Waals surface area contributed by atoms with Gasteiger partial charge in [-0.3, -0.25) is 9.59 Å². The van der Waals surface area contributed by atoms with E-state index < -0.39 is 0 Å². The van der Waals surface area contributed by atoms with Crippen molar-refractivity contribution in [1.82, 2.24) is 10.6 Å². The molecule has 0 bridgehead atoms. The second-order valence-corrected chi connectivity index (χ2v) is 6.53. The third-order valence-corrected chi connectivity index (χ3v) is 3.95. The summed E-state index contributed by atoms with van der Waals surface area (Å²) in [5, 5.41) is 5.35. The summed E-state index contributed by atoms with van der Waals surface area (Å²) in [7, 11) is 0. The molecule has 2 N–H and O–H groups in total. The van der Waals surface area contributed by atoms with Gasteiger partial charge in [-0.05, 0) is 47.0 Å². The Morgan fingerprint density at radius 2 is 2.22 bits per heavy atom. The van der Waals surface area contributed by atoms with Gasteiger partial charge in [-0.2, -0.15) is 0 Å². The van der Waals surface area contributed by atoms with Crippen LogP contribution in [0.5, 0.6) is 0 Å². The van der Waals surface area contributed by atoms with Crippen LogP contribution in [0, 0.1) is 0 Å². The molecular weight excluding hydrogens is 316 g/mol. The summed E-state index contributed by atoms with van der Waals surface area (Å²) in [6, 6.07) is 4.16. The largest absolute Gasteiger partial charge is 0.352 e. The van der Waals surface area contributed by atoms with E-state index in [1.807, 2.05) is 12.1 Å². The molecule has 1 fully saturated rings. The van der Waals surface area contributed by atoms with Gasteiger partial charge >= 0.3 is 0 Å². The van der Waals surface area contributed by atoms with Crippen LogP contribution in [0.3, 0.4) is 0 Å². The first kappa shape index (κ1) is 13.3. The van der Waals surface area contributed by atoms with Crippen LogP contribution >= 0.6 is 27.3 Å². The van der Waals surface area contributed by atoms with Crippen LogP contribution in [-0.2, 0) is 9.59 Å². The minimum Gasteiger partial charge on any atom is -0.352 e. The normalized spacial score (nSPS) is 14.7. The summed E-state index contributed by atoms with van der Waals surface area (Å²) in [6.07, 6.45) is 5.26. The van der Waals surface area contributed by atoms with Crippen molar-refractivity contribution in [2.45, 2.75) is 18.9 Å². The Hall–Kier alpha value is -1.14.